The number of hydrogen-bond donors (Lipinski definition) is 4. The number of carboxylic acids is 2. The summed E-state index contributed by atoms with van der Waals surface area (Å²) in [5, 5.41) is 20.7. The van der Waals surface area contributed by atoms with Crippen molar-refractivity contribution in [3.05, 3.63) is 130 Å². The number of amides is 2. The van der Waals surface area contributed by atoms with Crippen molar-refractivity contribution in [1.82, 2.24) is 9.13 Å². The van der Waals surface area contributed by atoms with E-state index in [1.54, 1.807) is 36.4 Å². The number of hydrogen-bond acceptors (Lipinski definition) is 6. The molecule has 0 atom stereocenters. The number of nitrogens with two attached hydrogens (primary N) is 2. The highest BCUT2D eigenvalue weighted by atomic mass is 35.5. The first kappa shape index (κ1) is 38.5. The van der Waals surface area contributed by atoms with Crippen LogP contribution in [-0.4, -0.2) is 54.7 Å². The number of rotatable bonds is 10. The van der Waals surface area contributed by atoms with Crippen LogP contribution in [0.2, 0.25) is 5.02 Å². The molecule has 2 amide bonds. The van der Waals surface area contributed by atoms with Crippen molar-refractivity contribution in [1.29, 1.82) is 0 Å². The van der Waals surface area contributed by atoms with E-state index >= 15 is 0 Å². The molecule has 6 N–H and O–H groups in total. The van der Waals surface area contributed by atoms with Gasteiger partial charge in [0.15, 0.2) is 0 Å². The SMILES string of the molecule is NC(=O)c1cccc2c1c1c(C(=O)C(=O)O)ccc(Cl)c1n2Cc1ccccc1.NC(=O)c1cccc2c1c1c(C(=O)C(=O)O)cccc1n2CC1CCCCC1. The summed E-state index contributed by atoms with van der Waals surface area (Å²) >= 11 is 6.49. The molecule has 5 aromatic carbocycles. The molecule has 0 saturated heterocycles. The van der Waals surface area contributed by atoms with E-state index in [9.17, 15) is 39.0 Å². The number of ketones is 2. The van der Waals surface area contributed by atoms with Crippen LogP contribution in [0.15, 0.2) is 97.1 Å². The van der Waals surface area contributed by atoms with Gasteiger partial charge in [-0.05, 0) is 72.9 Å². The molecule has 0 spiro atoms. The summed E-state index contributed by atoms with van der Waals surface area (Å²) in [6.45, 7) is 1.18. The van der Waals surface area contributed by atoms with Gasteiger partial charge in [0, 0.05) is 67.9 Å². The summed E-state index contributed by atoms with van der Waals surface area (Å²) in [5.41, 5.74) is 15.4. The van der Waals surface area contributed by atoms with Crippen LogP contribution in [0.1, 0.15) is 79.1 Å². The molecule has 0 radical (unpaired) electrons. The Hall–Kier alpha value is -6.79. The average molecular weight is 785 g/mol. The standard InChI is InChI=1S/C22H15ClN2O4.C22H22N2O4/c23-15-10-9-13(20(26)22(28)29)18-17-14(21(24)27)7-4-8-16(17)25(19(15)18)11-12-5-2-1-3-6-12;23-21(26)15-9-5-11-17-19(15)18-14(20(25)22(27)28)8-4-10-16(18)24(17)12-13-6-2-1-3-7-13/h1-10H,11H2,(H2,24,27)(H,28,29);4-5,8-11,13H,1-3,6-7,12H2,(H2,23,26)(H,27,28). The molecule has 1 fully saturated rings. The van der Waals surface area contributed by atoms with Gasteiger partial charge in [-0.15, -0.1) is 0 Å². The maximum Gasteiger partial charge on any atom is 0.377 e. The molecule has 7 aromatic rings. The minimum absolute atomic E-state index is 0.0394. The molecule has 57 heavy (non-hydrogen) atoms. The van der Waals surface area contributed by atoms with Crippen LogP contribution in [0, 0.1) is 5.92 Å². The van der Waals surface area contributed by atoms with Crippen molar-refractivity contribution in [3.63, 3.8) is 0 Å². The molecule has 0 unspecified atom stereocenters. The summed E-state index contributed by atoms with van der Waals surface area (Å²) in [5.74, 6) is -5.93. The Morgan fingerprint density at radius 2 is 1.04 bits per heavy atom. The fourth-order valence-electron chi connectivity index (χ4n) is 8.19. The number of aromatic nitrogens is 2. The molecule has 13 heteroatoms. The molecule has 0 aliphatic heterocycles. The van der Waals surface area contributed by atoms with Crippen LogP contribution in [-0.2, 0) is 22.7 Å². The van der Waals surface area contributed by atoms with Gasteiger partial charge in [0.1, 0.15) is 0 Å². The van der Waals surface area contributed by atoms with Crippen molar-refractivity contribution < 1.29 is 39.0 Å². The molecule has 12 nitrogen and oxygen atoms in total. The fourth-order valence-corrected chi connectivity index (χ4v) is 8.45. The Bertz CT molecular complexity index is 2800. The molecular weight excluding hydrogens is 748 g/mol. The monoisotopic (exact) mass is 784 g/mol. The van der Waals surface area contributed by atoms with Crippen molar-refractivity contribution in [2.24, 2.45) is 17.4 Å². The number of primary amides is 2. The van der Waals surface area contributed by atoms with Crippen molar-refractivity contribution in [2.75, 3.05) is 0 Å². The third-order valence-electron chi connectivity index (χ3n) is 10.7. The van der Waals surface area contributed by atoms with E-state index in [1.165, 1.54) is 37.5 Å². The number of Topliss-reactive ketones (excluding diaryl/α,β-unsaturated/α-hetero) is 2. The van der Waals surface area contributed by atoms with Crippen LogP contribution in [0.5, 0.6) is 0 Å². The molecular formula is C44H37ClN4O8. The molecule has 1 aliphatic carbocycles. The van der Waals surface area contributed by atoms with E-state index in [4.69, 9.17) is 23.1 Å². The molecule has 0 bridgehead atoms. The maximum absolute atomic E-state index is 12.4. The summed E-state index contributed by atoms with van der Waals surface area (Å²) in [4.78, 5) is 71.7. The number of carboxylic acid groups (broad SMARTS) is 2. The number of fused-ring (bicyclic) bond motifs is 6. The first-order valence-corrected chi connectivity index (χ1v) is 18.7. The lowest BCUT2D eigenvalue weighted by molar-refractivity contribution is -0.132. The third-order valence-corrected chi connectivity index (χ3v) is 11.0. The molecule has 1 aliphatic rings. The summed E-state index contributed by atoms with van der Waals surface area (Å²) < 4.78 is 3.99. The number of nitrogens with zero attached hydrogens (tertiary/aromatic N) is 2. The molecule has 2 heterocycles. The van der Waals surface area contributed by atoms with E-state index in [0.717, 1.165) is 36.0 Å². The van der Waals surface area contributed by atoms with Crippen LogP contribution < -0.4 is 11.5 Å². The second kappa shape index (κ2) is 15.8. The minimum atomic E-state index is -1.59. The smallest absolute Gasteiger partial charge is 0.377 e. The molecule has 288 valence electrons. The van der Waals surface area contributed by atoms with Gasteiger partial charge in [-0.25, -0.2) is 9.59 Å². The highest BCUT2D eigenvalue weighted by molar-refractivity contribution is 6.46. The van der Waals surface area contributed by atoms with Crippen LogP contribution in [0.25, 0.3) is 43.6 Å². The van der Waals surface area contributed by atoms with Gasteiger partial charge in [-0.2, -0.15) is 0 Å². The Kier molecular flexibility index (Phi) is 10.6. The second-order valence-electron chi connectivity index (χ2n) is 14.1. The predicted molar refractivity (Wildman–Crippen MR) is 217 cm³/mol. The third kappa shape index (κ3) is 7.11. The van der Waals surface area contributed by atoms with Crippen LogP contribution >= 0.6 is 11.6 Å². The van der Waals surface area contributed by atoms with E-state index in [0.29, 0.717) is 55.6 Å². The van der Waals surface area contributed by atoms with Crippen molar-refractivity contribution in [2.45, 2.75) is 45.2 Å². The van der Waals surface area contributed by atoms with E-state index in [1.807, 2.05) is 47.0 Å². The lowest BCUT2D eigenvalue weighted by atomic mass is 9.89. The first-order chi connectivity index (χ1) is 27.4. The van der Waals surface area contributed by atoms with Crippen molar-refractivity contribution in [3.8, 4) is 0 Å². The number of aliphatic carboxylic acids is 2. The zero-order valence-electron chi connectivity index (χ0n) is 30.5. The van der Waals surface area contributed by atoms with Gasteiger partial charge in [-0.1, -0.05) is 79.4 Å². The number of carbonyl (C=O) groups excluding carboxylic acids is 4. The first-order valence-electron chi connectivity index (χ1n) is 18.3. The molecule has 2 aromatic heterocycles. The van der Waals surface area contributed by atoms with Gasteiger partial charge in [0.25, 0.3) is 11.6 Å². The maximum atomic E-state index is 12.4. The van der Waals surface area contributed by atoms with E-state index in [2.05, 4.69) is 4.57 Å². The Labute approximate surface area is 330 Å². The lowest BCUT2D eigenvalue weighted by Gasteiger charge is -2.23. The van der Waals surface area contributed by atoms with Crippen LogP contribution in [0.4, 0.5) is 0 Å². The predicted octanol–water partition coefficient (Wildman–Crippen LogP) is 7.60. The Morgan fingerprint density at radius 3 is 1.56 bits per heavy atom. The lowest BCUT2D eigenvalue weighted by Crippen LogP contribution is -2.14. The number of benzene rings is 5. The van der Waals surface area contributed by atoms with Gasteiger partial charge in [-0.3, -0.25) is 19.2 Å². The minimum Gasteiger partial charge on any atom is -0.475 e. The fraction of sp³-hybridized carbons (Fsp3) is 0.182. The van der Waals surface area contributed by atoms with Gasteiger partial charge in [0.2, 0.25) is 11.8 Å². The van der Waals surface area contributed by atoms with Crippen LogP contribution in [0.3, 0.4) is 0 Å². The van der Waals surface area contributed by atoms with Crippen molar-refractivity contribution >= 4 is 90.5 Å². The largest absolute Gasteiger partial charge is 0.475 e. The normalized spacial score (nSPS) is 13.1. The Morgan fingerprint density at radius 1 is 0.561 bits per heavy atom. The zero-order chi connectivity index (χ0) is 40.5. The average Bonchev–Trinajstić information content (AvgIpc) is 3.71. The summed E-state index contributed by atoms with van der Waals surface area (Å²) in [7, 11) is 0. The highest BCUT2D eigenvalue weighted by Gasteiger charge is 2.27. The molecule has 1 saturated carbocycles. The van der Waals surface area contributed by atoms with Gasteiger partial charge < -0.3 is 30.8 Å². The topological polar surface area (TPSA) is 205 Å². The van der Waals surface area contributed by atoms with Gasteiger partial charge >= 0.3 is 11.9 Å². The second-order valence-corrected chi connectivity index (χ2v) is 14.5. The number of carbonyl (C=O) groups is 6. The highest BCUT2D eigenvalue weighted by Crippen LogP contribution is 2.39. The zero-order valence-corrected chi connectivity index (χ0v) is 31.3. The summed E-state index contributed by atoms with van der Waals surface area (Å²) in [6.07, 6.45) is 5.95. The molecule has 8 rings (SSSR count). The van der Waals surface area contributed by atoms with E-state index < -0.39 is 35.3 Å². The summed E-state index contributed by atoms with van der Waals surface area (Å²) in [6, 6.07) is 27.8. The number of halogens is 1. The van der Waals surface area contributed by atoms with Gasteiger partial charge in [0.05, 0.1) is 16.1 Å². The Balaban J connectivity index is 0.000000174. The van der Waals surface area contributed by atoms with E-state index in [-0.39, 0.29) is 16.7 Å². The quantitative estimate of drug-likeness (QED) is 0.0801.